The number of benzene rings is 1. The number of anilines is 2. The highest BCUT2D eigenvalue weighted by atomic mass is 32.2. The molecule has 142 valence electrons. The Morgan fingerprint density at radius 2 is 2.22 bits per heavy atom. The van der Waals surface area contributed by atoms with E-state index in [-0.39, 0.29) is 17.9 Å². The van der Waals surface area contributed by atoms with Crippen molar-refractivity contribution in [3.8, 4) is 0 Å². The number of aromatic nitrogens is 2. The summed E-state index contributed by atoms with van der Waals surface area (Å²) in [5, 5.41) is 12.2. The maximum atomic E-state index is 14.4. The van der Waals surface area contributed by atoms with E-state index >= 15 is 0 Å². The van der Waals surface area contributed by atoms with Crippen LogP contribution in [0.5, 0.6) is 0 Å². The van der Waals surface area contributed by atoms with Crippen LogP contribution < -0.4 is 10.8 Å². The quantitative estimate of drug-likeness (QED) is 0.425. The number of amides is 1. The summed E-state index contributed by atoms with van der Waals surface area (Å²) < 4.78 is 16.0. The molecule has 0 saturated carbocycles. The topological polar surface area (TPSA) is 87.9 Å². The zero-order valence-electron chi connectivity index (χ0n) is 14.8. The Hall–Kier alpha value is -2.62. The van der Waals surface area contributed by atoms with E-state index < -0.39 is 17.8 Å². The average Bonchev–Trinajstić information content (AvgIpc) is 3.01. The number of nitrogens with zero attached hydrogens (tertiary/aromatic N) is 2. The molecule has 0 radical (unpaired) electrons. The number of rotatable bonds is 7. The van der Waals surface area contributed by atoms with E-state index in [1.807, 2.05) is 6.26 Å². The molecule has 0 aliphatic rings. The van der Waals surface area contributed by atoms with Gasteiger partial charge in [0.05, 0.1) is 22.9 Å². The fourth-order valence-corrected chi connectivity index (χ4v) is 2.88. The monoisotopic (exact) mass is 390 g/mol. The fraction of sp³-hybridized carbons (Fsp3) is 0.222. The van der Waals surface area contributed by atoms with Gasteiger partial charge in [0.2, 0.25) is 0 Å². The molecule has 0 unspecified atom stereocenters. The highest BCUT2D eigenvalue weighted by molar-refractivity contribution is 7.98. The molecule has 1 amide bonds. The highest BCUT2D eigenvalue weighted by Gasteiger charge is 2.19. The van der Waals surface area contributed by atoms with Crippen LogP contribution in [-0.2, 0) is 4.84 Å². The lowest BCUT2D eigenvalue weighted by Crippen LogP contribution is -2.27. The van der Waals surface area contributed by atoms with Crippen LogP contribution >= 0.6 is 11.8 Å². The van der Waals surface area contributed by atoms with Crippen molar-refractivity contribution in [3.05, 3.63) is 54.2 Å². The van der Waals surface area contributed by atoms with E-state index in [9.17, 15) is 14.3 Å². The van der Waals surface area contributed by atoms with Crippen LogP contribution in [0.15, 0.2) is 47.8 Å². The second-order valence-corrected chi connectivity index (χ2v) is 6.72. The number of nitrogens with one attached hydrogen (secondary N) is 2. The molecule has 0 fully saturated rings. The Kier molecular flexibility index (Phi) is 5.94. The number of hydrogen-bond acceptors (Lipinski definition) is 6. The van der Waals surface area contributed by atoms with Crippen molar-refractivity contribution in [2.24, 2.45) is 0 Å². The maximum Gasteiger partial charge on any atom is 0.278 e. The SMILES string of the molecule is CSc1ccc(Nc2c(C(=O)NOC[C@H](C)O)cc3ccncn23)c(F)c1. The van der Waals surface area contributed by atoms with Gasteiger partial charge in [-0.05, 0) is 43.5 Å². The summed E-state index contributed by atoms with van der Waals surface area (Å²) in [6.45, 7) is 1.49. The minimum Gasteiger partial charge on any atom is -0.391 e. The first kappa shape index (κ1) is 19.2. The Morgan fingerprint density at radius 3 is 2.93 bits per heavy atom. The number of aliphatic hydroxyl groups is 1. The molecule has 0 saturated heterocycles. The molecule has 0 aliphatic carbocycles. The van der Waals surface area contributed by atoms with Crippen molar-refractivity contribution in [1.29, 1.82) is 0 Å². The van der Waals surface area contributed by atoms with Gasteiger partial charge in [-0.25, -0.2) is 14.9 Å². The van der Waals surface area contributed by atoms with E-state index in [0.717, 1.165) is 4.90 Å². The van der Waals surface area contributed by atoms with Crippen LogP contribution in [0, 0.1) is 5.82 Å². The number of fused-ring (bicyclic) bond motifs is 1. The average molecular weight is 390 g/mol. The van der Waals surface area contributed by atoms with Crippen LogP contribution in [0.25, 0.3) is 5.52 Å². The van der Waals surface area contributed by atoms with E-state index in [1.54, 1.807) is 41.8 Å². The summed E-state index contributed by atoms with van der Waals surface area (Å²) >= 11 is 1.44. The van der Waals surface area contributed by atoms with Crippen LogP contribution in [0.1, 0.15) is 17.3 Å². The Balaban J connectivity index is 1.94. The minimum atomic E-state index is -0.718. The first-order chi connectivity index (χ1) is 13.0. The number of aliphatic hydroxyl groups excluding tert-OH is 1. The Labute approximate surface area is 159 Å². The molecule has 9 heteroatoms. The van der Waals surface area contributed by atoms with Crippen LogP contribution in [-0.4, -0.2) is 39.4 Å². The lowest BCUT2D eigenvalue weighted by atomic mass is 10.2. The Bertz CT molecular complexity index is 961. The molecule has 0 aliphatic heterocycles. The molecular formula is C18H19FN4O3S. The molecule has 3 N–H and O–H groups in total. The van der Waals surface area contributed by atoms with Gasteiger partial charge in [0.1, 0.15) is 24.6 Å². The number of hydroxylamine groups is 1. The normalized spacial score (nSPS) is 12.1. The number of halogens is 1. The third kappa shape index (κ3) is 4.38. The second kappa shape index (κ2) is 8.38. The smallest absolute Gasteiger partial charge is 0.278 e. The molecule has 7 nitrogen and oxygen atoms in total. The zero-order valence-corrected chi connectivity index (χ0v) is 15.6. The van der Waals surface area contributed by atoms with Crippen molar-refractivity contribution in [2.75, 3.05) is 18.2 Å². The van der Waals surface area contributed by atoms with Crippen molar-refractivity contribution in [3.63, 3.8) is 0 Å². The van der Waals surface area contributed by atoms with Crippen molar-refractivity contribution in [2.45, 2.75) is 17.9 Å². The first-order valence-electron chi connectivity index (χ1n) is 8.15. The summed E-state index contributed by atoms with van der Waals surface area (Å²) in [6, 6.07) is 8.19. The number of thioether (sulfide) groups is 1. The summed E-state index contributed by atoms with van der Waals surface area (Å²) in [5.74, 6) is -0.604. The van der Waals surface area contributed by atoms with Crippen molar-refractivity contribution < 1.29 is 19.1 Å². The summed E-state index contributed by atoms with van der Waals surface area (Å²) in [7, 11) is 0. The van der Waals surface area contributed by atoms with Gasteiger partial charge in [0, 0.05) is 11.1 Å². The number of carbonyl (C=O) groups excluding carboxylic acids is 1. The number of carbonyl (C=O) groups is 1. The van der Waals surface area contributed by atoms with Crippen LogP contribution in [0.3, 0.4) is 0 Å². The van der Waals surface area contributed by atoms with Crippen molar-refractivity contribution in [1.82, 2.24) is 14.9 Å². The van der Waals surface area contributed by atoms with E-state index in [0.29, 0.717) is 11.3 Å². The lowest BCUT2D eigenvalue weighted by Gasteiger charge is -2.12. The molecule has 1 atom stereocenters. The zero-order chi connectivity index (χ0) is 19.4. The summed E-state index contributed by atoms with van der Waals surface area (Å²) in [5.41, 5.74) is 3.47. The van der Waals surface area contributed by atoms with Gasteiger partial charge in [-0.3, -0.25) is 14.0 Å². The van der Waals surface area contributed by atoms with E-state index in [2.05, 4.69) is 15.8 Å². The van der Waals surface area contributed by atoms with Gasteiger partial charge < -0.3 is 10.4 Å². The van der Waals surface area contributed by atoms with Gasteiger partial charge >= 0.3 is 0 Å². The third-order valence-corrected chi connectivity index (χ3v) is 4.47. The third-order valence-electron chi connectivity index (χ3n) is 3.74. The predicted octanol–water partition coefficient (Wildman–Crippen LogP) is 2.98. The molecule has 0 spiro atoms. The molecule has 2 aromatic heterocycles. The van der Waals surface area contributed by atoms with Gasteiger partial charge in [-0.15, -0.1) is 11.8 Å². The molecule has 3 aromatic rings. The van der Waals surface area contributed by atoms with Crippen LogP contribution in [0.4, 0.5) is 15.9 Å². The largest absolute Gasteiger partial charge is 0.391 e. The highest BCUT2D eigenvalue weighted by Crippen LogP contribution is 2.28. The fourth-order valence-electron chi connectivity index (χ4n) is 2.46. The molecule has 2 heterocycles. The second-order valence-electron chi connectivity index (χ2n) is 5.84. The van der Waals surface area contributed by atoms with E-state index in [4.69, 9.17) is 4.84 Å². The molecule has 0 bridgehead atoms. The summed E-state index contributed by atoms with van der Waals surface area (Å²) in [4.78, 5) is 22.3. The minimum absolute atomic E-state index is 0.0474. The van der Waals surface area contributed by atoms with Crippen molar-refractivity contribution >= 4 is 34.7 Å². The van der Waals surface area contributed by atoms with E-state index in [1.165, 1.54) is 24.2 Å². The first-order valence-corrected chi connectivity index (χ1v) is 9.38. The predicted molar refractivity (Wildman–Crippen MR) is 102 cm³/mol. The molecule has 3 rings (SSSR count). The van der Waals surface area contributed by atoms with Gasteiger partial charge in [-0.1, -0.05) is 0 Å². The lowest BCUT2D eigenvalue weighted by molar-refractivity contribution is -0.00681. The number of hydrogen-bond donors (Lipinski definition) is 3. The summed E-state index contributed by atoms with van der Waals surface area (Å²) in [6.07, 6.45) is 4.27. The van der Waals surface area contributed by atoms with Gasteiger partial charge in [0.25, 0.3) is 5.91 Å². The standard InChI is InChI=1S/C18H19FN4O3S/c1-11(24)9-26-22-18(25)14-7-12-5-6-20-10-23(12)17(14)21-16-4-3-13(27-2)8-15(16)19/h3-8,10-11,21,24H,9H2,1-2H3,(H,22,25)/t11-/m0/s1. The maximum absolute atomic E-state index is 14.4. The van der Waals surface area contributed by atoms with Gasteiger partial charge in [0.15, 0.2) is 0 Å². The molecule has 27 heavy (non-hydrogen) atoms. The molecule has 1 aromatic carbocycles. The molecular weight excluding hydrogens is 371 g/mol. The Morgan fingerprint density at radius 1 is 1.41 bits per heavy atom. The van der Waals surface area contributed by atoms with Crippen LogP contribution in [0.2, 0.25) is 0 Å². The van der Waals surface area contributed by atoms with Gasteiger partial charge in [-0.2, -0.15) is 0 Å².